The van der Waals surface area contributed by atoms with Crippen molar-refractivity contribution >= 4 is 5.95 Å². The molecule has 4 heteroatoms. The lowest BCUT2D eigenvalue weighted by Crippen LogP contribution is -2.29. The third kappa shape index (κ3) is 2.72. The van der Waals surface area contributed by atoms with E-state index in [9.17, 15) is 0 Å². The van der Waals surface area contributed by atoms with E-state index in [-0.39, 0.29) is 0 Å². The van der Waals surface area contributed by atoms with Gasteiger partial charge in [0.1, 0.15) is 0 Å². The van der Waals surface area contributed by atoms with E-state index in [1.54, 1.807) is 0 Å². The Kier molecular flexibility index (Phi) is 3.26. The standard InChI is InChI=1S/C11H20N4/c1-15-7-6-13-11(15)14-8-9-2-4-10(12)5-3-9/h6-7,9-10H,2-5,8,12H2,1H3,(H,13,14). The van der Waals surface area contributed by atoms with Crippen molar-refractivity contribution in [2.75, 3.05) is 11.9 Å². The van der Waals surface area contributed by atoms with Gasteiger partial charge in [-0.2, -0.15) is 0 Å². The summed E-state index contributed by atoms with van der Waals surface area (Å²) in [6.07, 6.45) is 8.62. The molecule has 0 atom stereocenters. The highest BCUT2D eigenvalue weighted by Crippen LogP contribution is 2.23. The van der Waals surface area contributed by atoms with Crippen LogP contribution in [0.15, 0.2) is 12.4 Å². The number of imidazole rings is 1. The predicted octanol–water partition coefficient (Wildman–Crippen LogP) is 1.35. The van der Waals surface area contributed by atoms with Gasteiger partial charge in [-0.25, -0.2) is 4.98 Å². The lowest BCUT2D eigenvalue weighted by molar-refractivity contribution is 0.338. The van der Waals surface area contributed by atoms with Gasteiger partial charge in [-0.15, -0.1) is 0 Å². The van der Waals surface area contributed by atoms with E-state index in [1.165, 1.54) is 25.7 Å². The number of hydrogen-bond acceptors (Lipinski definition) is 3. The summed E-state index contributed by atoms with van der Waals surface area (Å²) < 4.78 is 2.01. The predicted molar refractivity (Wildman–Crippen MR) is 61.6 cm³/mol. The molecule has 0 aliphatic heterocycles. The minimum Gasteiger partial charge on any atom is -0.355 e. The number of aryl methyl sites for hydroxylation is 1. The van der Waals surface area contributed by atoms with E-state index in [1.807, 2.05) is 24.0 Å². The third-order valence-electron chi connectivity index (χ3n) is 3.26. The zero-order chi connectivity index (χ0) is 10.7. The number of aromatic nitrogens is 2. The summed E-state index contributed by atoms with van der Waals surface area (Å²) in [6, 6.07) is 0.439. The Labute approximate surface area is 90.9 Å². The largest absolute Gasteiger partial charge is 0.355 e. The first-order valence-corrected chi connectivity index (χ1v) is 5.72. The van der Waals surface area contributed by atoms with Gasteiger partial charge in [-0.3, -0.25) is 0 Å². The second-order valence-electron chi connectivity index (χ2n) is 4.52. The van der Waals surface area contributed by atoms with Crippen LogP contribution < -0.4 is 11.1 Å². The molecule has 0 saturated heterocycles. The van der Waals surface area contributed by atoms with Crippen LogP contribution in [0, 0.1) is 5.92 Å². The molecule has 2 rings (SSSR count). The first-order chi connectivity index (χ1) is 7.25. The topological polar surface area (TPSA) is 55.9 Å². The van der Waals surface area contributed by atoms with Crippen LogP contribution >= 0.6 is 0 Å². The number of hydrogen-bond donors (Lipinski definition) is 2. The molecule has 0 amide bonds. The molecule has 4 nitrogen and oxygen atoms in total. The number of anilines is 1. The van der Waals surface area contributed by atoms with Gasteiger partial charge in [0.05, 0.1) is 0 Å². The zero-order valence-electron chi connectivity index (χ0n) is 9.32. The van der Waals surface area contributed by atoms with E-state index in [4.69, 9.17) is 5.73 Å². The van der Waals surface area contributed by atoms with Crippen molar-refractivity contribution in [3.63, 3.8) is 0 Å². The Balaban J connectivity index is 1.77. The van der Waals surface area contributed by atoms with E-state index in [0.29, 0.717) is 6.04 Å². The Morgan fingerprint density at radius 2 is 2.20 bits per heavy atom. The molecule has 1 fully saturated rings. The molecular formula is C11H20N4. The molecule has 1 aliphatic rings. The summed E-state index contributed by atoms with van der Waals surface area (Å²) in [5, 5.41) is 3.39. The molecule has 0 spiro atoms. The monoisotopic (exact) mass is 208 g/mol. The van der Waals surface area contributed by atoms with Crippen LogP contribution in [0.25, 0.3) is 0 Å². The maximum atomic E-state index is 5.87. The molecule has 15 heavy (non-hydrogen) atoms. The molecule has 0 radical (unpaired) electrons. The summed E-state index contributed by atoms with van der Waals surface area (Å²) in [6.45, 7) is 1.03. The second-order valence-corrected chi connectivity index (χ2v) is 4.52. The van der Waals surface area contributed by atoms with E-state index >= 15 is 0 Å². The van der Waals surface area contributed by atoms with Gasteiger partial charge in [-0.05, 0) is 31.6 Å². The summed E-state index contributed by atoms with van der Waals surface area (Å²) in [4.78, 5) is 4.24. The maximum absolute atomic E-state index is 5.87. The van der Waals surface area contributed by atoms with Crippen molar-refractivity contribution in [3.05, 3.63) is 12.4 Å². The van der Waals surface area contributed by atoms with E-state index in [0.717, 1.165) is 18.4 Å². The normalized spacial score (nSPS) is 26.5. The number of nitrogens with one attached hydrogen (secondary N) is 1. The quantitative estimate of drug-likeness (QED) is 0.788. The van der Waals surface area contributed by atoms with Crippen LogP contribution in [-0.2, 0) is 7.05 Å². The van der Waals surface area contributed by atoms with Crippen molar-refractivity contribution in [3.8, 4) is 0 Å². The molecule has 1 aliphatic carbocycles. The van der Waals surface area contributed by atoms with Crippen LogP contribution in [-0.4, -0.2) is 22.1 Å². The van der Waals surface area contributed by atoms with E-state index in [2.05, 4.69) is 10.3 Å². The van der Waals surface area contributed by atoms with Gasteiger partial charge in [0, 0.05) is 32.0 Å². The Morgan fingerprint density at radius 1 is 1.47 bits per heavy atom. The third-order valence-corrected chi connectivity index (χ3v) is 3.26. The van der Waals surface area contributed by atoms with Crippen LogP contribution in [0.2, 0.25) is 0 Å². The van der Waals surface area contributed by atoms with Crippen LogP contribution in [0.3, 0.4) is 0 Å². The number of nitrogens with zero attached hydrogens (tertiary/aromatic N) is 2. The van der Waals surface area contributed by atoms with Gasteiger partial charge in [-0.1, -0.05) is 0 Å². The summed E-state index contributed by atoms with van der Waals surface area (Å²) in [5.41, 5.74) is 5.87. The fourth-order valence-electron chi connectivity index (χ4n) is 2.16. The Hall–Kier alpha value is -1.03. The van der Waals surface area contributed by atoms with Crippen molar-refractivity contribution in [2.45, 2.75) is 31.7 Å². The van der Waals surface area contributed by atoms with Crippen molar-refractivity contribution in [1.29, 1.82) is 0 Å². The van der Waals surface area contributed by atoms with Crippen molar-refractivity contribution in [2.24, 2.45) is 18.7 Å². The molecule has 1 saturated carbocycles. The highest BCUT2D eigenvalue weighted by atomic mass is 15.2. The second kappa shape index (κ2) is 4.66. The first kappa shape index (κ1) is 10.5. The summed E-state index contributed by atoms with van der Waals surface area (Å²) in [5.74, 6) is 1.73. The van der Waals surface area contributed by atoms with Gasteiger partial charge < -0.3 is 15.6 Å². The van der Waals surface area contributed by atoms with Crippen LogP contribution in [0.4, 0.5) is 5.95 Å². The molecule has 1 aromatic rings. The van der Waals surface area contributed by atoms with E-state index < -0.39 is 0 Å². The van der Waals surface area contributed by atoms with Crippen molar-refractivity contribution in [1.82, 2.24) is 9.55 Å². The number of rotatable bonds is 3. The lowest BCUT2D eigenvalue weighted by atomic mass is 9.86. The SMILES string of the molecule is Cn1ccnc1NCC1CCC(N)CC1. The highest BCUT2D eigenvalue weighted by Gasteiger charge is 2.18. The summed E-state index contributed by atoms with van der Waals surface area (Å²) in [7, 11) is 2.01. The minimum atomic E-state index is 0.439. The highest BCUT2D eigenvalue weighted by molar-refractivity contribution is 5.25. The van der Waals surface area contributed by atoms with Gasteiger partial charge in [0.25, 0.3) is 0 Å². The van der Waals surface area contributed by atoms with Crippen LogP contribution in [0.1, 0.15) is 25.7 Å². The number of nitrogens with two attached hydrogens (primary N) is 1. The molecule has 3 N–H and O–H groups in total. The van der Waals surface area contributed by atoms with Crippen molar-refractivity contribution < 1.29 is 0 Å². The molecule has 1 heterocycles. The maximum Gasteiger partial charge on any atom is 0.202 e. The average Bonchev–Trinajstić information content (AvgIpc) is 2.63. The smallest absolute Gasteiger partial charge is 0.202 e. The summed E-state index contributed by atoms with van der Waals surface area (Å²) >= 11 is 0. The average molecular weight is 208 g/mol. The molecular weight excluding hydrogens is 188 g/mol. The fourth-order valence-corrected chi connectivity index (χ4v) is 2.16. The molecule has 0 aromatic carbocycles. The zero-order valence-corrected chi connectivity index (χ0v) is 9.32. The van der Waals surface area contributed by atoms with Crippen LogP contribution in [0.5, 0.6) is 0 Å². The first-order valence-electron chi connectivity index (χ1n) is 5.72. The fraction of sp³-hybridized carbons (Fsp3) is 0.727. The van der Waals surface area contributed by atoms with Gasteiger partial charge >= 0.3 is 0 Å². The van der Waals surface area contributed by atoms with Gasteiger partial charge in [0.2, 0.25) is 5.95 Å². The Bertz CT molecular complexity index is 299. The lowest BCUT2D eigenvalue weighted by Gasteiger charge is -2.26. The molecule has 1 aromatic heterocycles. The Morgan fingerprint density at radius 3 is 2.80 bits per heavy atom. The molecule has 0 unspecified atom stereocenters. The molecule has 84 valence electrons. The molecule has 0 bridgehead atoms. The minimum absolute atomic E-state index is 0.439. The van der Waals surface area contributed by atoms with Gasteiger partial charge in [0.15, 0.2) is 0 Å².